The second kappa shape index (κ2) is 7.45. The molecule has 1 fully saturated rings. The summed E-state index contributed by atoms with van der Waals surface area (Å²) in [6.07, 6.45) is -0.868. The predicted octanol–water partition coefficient (Wildman–Crippen LogP) is 1.10. The van der Waals surface area contributed by atoms with Crippen molar-refractivity contribution in [2.24, 2.45) is 11.7 Å². The van der Waals surface area contributed by atoms with Crippen molar-refractivity contribution in [3.05, 3.63) is 41.1 Å². The number of carbonyl (C=O) groups is 3. The summed E-state index contributed by atoms with van der Waals surface area (Å²) in [5, 5.41) is 24.0. The normalized spacial score (nSPS) is 21.9. The van der Waals surface area contributed by atoms with Gasteiger partial charge in [0.1, 0.15) is 11.1 Å². The highest BCUT2D eigenvalue weighted by molar-refractivity contribution is 8.03. The van der Waals surface area contributed by atoms with E-state index in [1.165, 1.54) is 11.8 Å². The van der Waals surface area contributed by atoms with Crippen LogP contribution < -0.4 is 10.5 Å². The van der Waals surface area contributed by atoms with Gasteiger partial charge in [-0.3, -0.25) is 9.59 Å². The van der Waals surface area contributed by atoms with Gasteiger partial charge in [-0.15, -0.1) is 0 Å². The first-order chi connectivity index (χ1) is 11.7. The summed E-state index contributed by atoms with van der Waals surface area (Å²) < 4.78 is 5.66. The quantitative estimate of drug-likeness (QED) is 0.577. The van der Waals surface area contributed by atoms with Gasteiger partial charge in [0.15, 0.2) is 5.09 Å². The fourth-order valence-corrected chi connectivity index (χ4v) is 3.66. The fourth-order valence-electron chi connectivity index (χ4n) is 2.34. The van der Waals surface area contributed by atoms with E-state index < -0.39 is 18.2 Å². The van der Waals surface area contributed by atoms with Crippen molar-refractivity contribution in [2.75, 3.05) is 0 Å². The Balaban J connectivity index is 0.000000511. The molecule has 0 saturated carbocycles. The van der Waals surface area contributed by atoms with E-state index in [0.29, 0.717) is 16.4 Å². The maximum Gasteiger partial charge on any atom is 0.503 e. The Labute approximate surface area is 146 Å². The average molecular weight is 368 g/mol. The molecule has 0 radical (unpaired) electrons. The minimum atomic E-state index is -1.83. The Kier molecular flexibility index (Phi) is 5.55. The summed E-state index contributed by atoms with van der Waals surface area (Å²) in [7, 11) is 0. The number of aliphatic hydroxyl groups is 1. The molecule has 25 heavy (non-hydrogen) atoms. The highest BCUT2D eigenvalue weighted by Gasteiger charge is 2.53. The lowest BCUT2D eigenvalue weighted by molar-refractivity contribution is -0.151. The Bertz CT molecular complexity index is 713. The third-order valence-electron chi connectivity index (χ3n) is 3.48. The van der Waals surface area contributed by atoms with Gasteiger partial charge < -0.3 is 30.7 Å². The molecule has 2 aliphatic rings. The molecule has 2 heterocycles. The molecule has 0 unspecified atom stereocenters. The number of rotatable bonds is 4. The maximum absolute atomic E-state index is 11.8. The van der Waals surface area contributed by atoms with E-state index in [2.05, 4.69) is 0 Å². The number of fused-ring (bicyclic) bond motifs is 1. The first kappa shape index (κ1) is 18.6. The minimum Gasteiger partial charge on any atom is -0.450 e. The summed E-state index contributed by atoms with van der Waals surface area (Å²) in [4.78, 5) is 32.9. The highest BCUT2D eigenvalue weighted by atomic mass is 32.2. The zero-order chi connectivity index (χ0) is 18.7. The number of ether oxygens (including phenoxy) is 1. The Morgan fingerprint density at radius 2 is 1.84 bits per heavy atom. The number of amides is 2. The molecule has 3 atom stereocenters. The van der Waals surface area contributed by atoms with Crippen LogP contribution >= 0.6 is 11.8 Å². The highest BCUT2D eigenvalue weighted by Crippen LogP contribution is 2.46. The maximum atomic E-state index is 11.8. The van der Waals surface area contributed by atoms with Crippen LogP contribution in [0, 0.1) is 5.92 Å². The molecule has 0 spiro atoms. The third-order valence-corrected chi connectivity index (χ3v) is 4.66. The predicted molar refractivity (Wildman–Crippen MR) is 87.7 cm³/mol. The van der Waals surface area contributed by atoms with Crippen molar-refractivity contribution in [3.63, 3.8) is 0 Å². The Hall–Kier alpha value is -2.72. The Morgan fingerprint density at radius 1 is 1.28 bits per heavy atom. The van der Waals surface area contributed by atoms with Gasteiger partial charge in [0, 0.05) is 5.56 Å². The summed E-state index contributed by atoms with van der Waals surface area (Å²) in [5.41, 5.74) is 5.57. The summed E-state index contributed by atoms with van der Waals surface area (Å²) in [6.45, 7) is 1.61. The van der Waals surface area contributed by atoms with Gasteiger partial charge in [0.25, 0.3) is 0 Å². The molecule has 1 aromatic rings. The van der Waals surface area contributed by atoms with Crippen molar-refractivity contribution in [2.45, 2.75) is 18.4 Å². The second-order valence-corrected chi connectivity index (χ2v) is 6.36. The number of carboxylic acid groups (broad SMARTS) is 2. The summed E-state index contributed by atoms with van der Waals surface area (Å²) in [5.74, 6) is -0.414. The monoisotopic (exact) mass is 368 g/mol. The molecule has 2 amide bonds. The van der Waals surface area contributed by atoms with E-state index in [1.54, 1.807) is 42.3 Å². The Morgan fingerprint density at radius 3 is 2.32 bits per heavy atom. The van der Waals surface area contributed by atoms with E-state index in [0.717, 1.165) is 0 Å². The van der Waals surface area contributed by atoms with Gasteiger partial charge in [-0.05, 0) is 31.2 Å². The van der Waals surface area contributed by atoms with E-state index in [4.69, 9.17) is 25.5 Å². The lowest BCUT2D eigenvalue weighted by Crippen LogP contribution is -2.58. The van der Waals surface area contributed by atoms with Crippen LogP contribution in [0.4, 0.5) is 4.79 Å². The number of hydrogen-bond acceptors (Lipinski definition) is 6. The molecule has 0 aromatic heterocycles. The van der Waals surface area contributed by atoms with E-state index >= 15 is 0 Å². The molecule has 10 heteroatoms. The van der Waals surface area contributed by atoms with Gasteiger partial charge >= 0.3 is 6.16 Å². The number of nitrogens with two attached hydrogens (primary N) is 1. The number of nitrogens with zero attached hydrogens (tertiary/aromatic N) is 1. The topological polar surface area (TPSA) is 150 Å². The second-order valence-electron chi connectivity index (χ2n) is 5.24. The molecule has 2 aliphatic heterocycles. The van der Waals surface area contributed by atoms with Crippen LogP contribution in [0.15, 0.2) is 35.6 Å². The molecule has 134 valence electrons. The molecule has 0 bridgehead atoms. The number of carbonyl (C=O) groups excluding carboxylic acids is 2. The molecule has 1 saturated heterocycles. The first-order valence-corrected chi connectivity index (χ1v) is 7.97. The lowest BCUT2D eigenvalue weighted by atomic mass is 9.93. The van der Waals surface area contributed by atoms with Crippen molar-refractivity contribution < 1.29 is 34.4 Å². The standard InChI is InChI=1S/C14H14N2O4S.CH2O3/c1-7(17)11-13(19)16-6-10(21-14(11)16)20-9-4-2-8(3-5-9)12(15)18;2-1(3)4/h2-7,11,14,17H,1H3,(H2,15,18);(H2,2,3,4)/t7-,11+,14-;/m1./s1. The molecule has 1 aromatic carbocycles. The number of aliphatic hydroxyl groups excluding tert-OH is 1. The van der Waals surface area contributed by atoms with Crippen LogP contribution in [-0.4, -0.2) is 49.7 Å². The van der Waals surface area contributed by atoms with Crippen molar-refractivity contribution >= 4 is 29.7 Å². The fraction of sp³-hybridized carbons (Fsp3) is 0.267. The van der Waals surface area contributed by atoms with Gasteiger partial charge in [-0.25, -0.2) is 4.79 Å². The molecule has 5 N–H and O–H groups in total. The lowest BCUT2D eigenvalue weighted by Gasteiger charge is -2.41. The first-order valence-electron chi connectivity index (χ1n) is 7.09. The van der Waals surface area contributed by atoms with Gasteiger partial charge in [-0.2, -0.15) is 0 Å². The van der Waals surface area contributed by atoms with Crippen LogP contribution in [0.2, 0.25) is 0 Å². The van der Waals surface area contributed by atoms with Gasteiger partial charge in [0.05, 0.1) is 18.2 Å². The summed E-state index contributed by atoms with van der Waals surface area (Å²) >= 11 is 1.40. The van der Waals surface area contributed by atoms with Gasteiger partial charge in [-0.1, -0.05) is 11.8 Å². The average Bonchev–Trinajstić information content (AvgIpc) is 2.85. The minimum absolute atomic E-state index is 0.0924. The van der Waals surface area contributed by atoms with E-state index in [1.807, 2.05) is 0 Å². The van der Waals surface area contributed by atoms with Crippen LogP contribution in [0.3, 0.4) is 0 Å². The molecule has 0 aliphatic carbocycles. The van der Waals surface area contributed by atoms with Crippen molar-refractivity contribution in [3.8, 4) is 5.75 Å². The molecule has 9 nitrogen and oxygen atoms in total. The smallest absolute Gasteiger partial charge is 0.450 e. The van der Waals surface area contributed by atoms with Crippen LogP contribution in [0.1, 0.15) is 17.3 Å². The largest absolute Gasteiger partial charge is 0.503 e. The zero-order valence-electron chi connectivity index (χ0n) is 13.0. The van der Waals surface area contributed by atoms with Crippen LogP contribution in [0.5, 0.6) is 5.75 Å². The van der Waals surface area contributed by atoms with Crippen molar-refractivity contribution in [1.82, 2.24) is 4.90 Å². The number of β-lactam (4-membered cyclic amide) rings is 1. The van der Waals surface area contributed by atoms with Gasteiger partial charge in [0.2, 0.25) is 11.8 Å². The third kappa shape index (κ3) is 4.22. The SMILES string of the molecule is C[C@@H](O)[C@H]1C(=O)N2C=C(Oc3ccc(C(N)=O)cc3)S[C@H]12.O=C(O)O. The molecule has 3 rings (SSSR count). The van der Waals surface area contributed by atoms with E-state index in [9.17, 15) is 14.7 Å². The van der Waals surface area contributed by atoms with Crippen LogP contribution in [0.25, 0.3) is 0 Å². The van der Waals surface area contributed by atoms with Crippen LogP contribution in [-0.2, 0) is 4.79 Å². The number of thioether (sulfide) groups is 1. The molecular formula is C15H16N2O7S. The number of primary amides is 1. The number of hydrogen-bond donors (Lipinski definition) is 4. The van der Waals surface area contributed by atoms with Crippen molar-refractivity contribution in [1.29, 1.82) is 0 Å². The van der Waals surface area contributed by atoms with E-state index in [-0.39, 0.29) is 17.2 Å². The summed E-state index contributed by atoms with van der Waals surface area (Å²) in [6, 6.07) is 6.45. The zero-order valence-corrected chi connectivity index (χ0v) is 13.8. The number of benzene rings is 1. The molecular weight excluding hydrogens is 352 g/mol.